The smallest absolute Gasteiger partial charge is 0.226 e. The molecule has 64 valence electrons. The fraction of sp³-hybridized carbons (Fsp3) is 0.889. The van der Waals surface area contributed by atoms with E-state index in [-0.39, 0.29) is 11.3 Å². The summed E-state index contributed by atoms with van der Waals surface area (Å²) in [6.07, 6.45) is 1.03. The first-order valence-corrected chi connectivity index (χ1v) is 4.18. The SMILES string of the molecule is CN1CC[C@H](C(C)(C)C)C1=O. The number of hydrogen-bond donors (Lipinski definition) is 0. The maximum Gasteiger partial charge on any atom is 0.226 e. The number of rotatable bonds is 0. The van der Waals surface area contributed by atoms with E-state index in [1.807, 2.05) is 11.9 Å². The predicted molar refractivity (Wildman–Crippen MR) is 45.2 cm³/mol. The lowest BCUT2D eigenvalue weighted by molar-refractivity contribution is -0.132. The molecule has 0 radical (unpaired) electrons. The maximum atomic E-state index is 11.5. The summed E-state index contributed by atoms with van der Waals surface area (Å²) in [5.74, 6) is 0.560. The Balaban J connectivity index is 2.70. The highest BCUT2D eigenvalue weighted by atomic mass is 16.2. The first-order chi connectivity index (χ1) is 4.93. The quantitative estimate of drug-likeness (QED) is 0.519. The molecule has 1 rings (SSSR count). The molecule has 0 spiro atoms. The Kier molecular flexibility index (Phi) is 1.95. The molecule has 0 saturated carbocycles. The standard InChI is InChI=1S/C9H17NO/c1-9(2,3)7-5-6-10(4)8(7)11/h7H,5-6H2,1-4H3/t7-/m0/s1. The molecule has 0 aliphatic carbocycles. The molecular weight excluding hydrogens is 138 g/mol. The van der Waals surface area contributed by atoms with Gasteiger partial charge in [0.2, 0.25) is 5.91 Å². The normalized spacial score (nSPS) is 26.4. The van der Waals surface area contributed by atoms with E-state index >= 15 is 0 Å². The van der Waals surface area contributed by atoms with Crippen LogP contribution in [0.1, 0.15) is 27.2 Å². The second-order valence-electron chi connectivity index (χ2n) is 4.47. The Morgan fingerprint density at radius 1 is 1.45 bits per heavy atom. The van der Waals surface area contributed by atoms with Gasteiger partial charge in [-0.2, -0.15) is 0 Å². The van der Waals surface area contributed by atoms with Crippen molar-refractivity contribution in [3.8, 4) is 0 Å². The third-order valence-electron chi connectivity index (χ3n) is 2.47. The van der Waals surface area contributed by atoms with Gasteiger partial charge in [-0.05, 0) is 11.8 Å². The topological polar surface area (TPSA) is 20.3 Å². The van der Waals surface area contributed by atoms with Crippen LogP contribution in [-0.4, -0.2) is 24.4 Å². The molecule has 1 fully saturated rings. The van der Waals surface area contributed by atoms with Crippen LogP contribution in [0, 0.1) is 11.3 Å². The Labute approximate surface area is 68.6 Å². The van der Waals surface area contributed by atoms with Crippen LogP contribution in [0.15, 0.2) is 0 Å². The summed E-state index contributed by atoms with van der Waals surface area (Å²) in [4.78, 5) is 13.3. The van der Waals surface area contributed by atoms with E-state index in [4.69, 9.17) is 0 Å². The first-order valence-electron chi connectivity index (χ1n) is 4.18. The van der Waals surface area contributed by atoms with E-state index in [0.717, 1.165) is 13.0 Å². The molecule has 1 amide bonds. The minimum absolute atomic E-state index is 0.141. The minimum atomic E-state index is 0.141. The lowest BCUT2D eigenvalue weighted by atomic mass is 9.80. The van der Waals surface area contributed by atoms with Gasteiger partial charge in [-0.1, -0.05) is 20.8 Å². The van der Waals surface area contributed by atoms with Crippen molar-refractivity contribution in [1.29, 1.82) is 0 Å². The minimum Gasteiger partial charge on any atom is -0.345 e. The van der Waals surface area contributed by atoms with E-state index in [1.54, 1.807) is 0 Å². The van der Waals surface area contributed by atoms with E-state index in [9.17, 15) is 4.79 Å². The largest absolute Gasteiger partial charge is 0.345 e. The monoisotopic (exact) mass is 155 g/mol. The van der Waals surface area contributed by atoms with Gasteiger partial charge in [-0.15, -0.1) is 0 Å². The van der Waals surface area contributed by atoms with Gasteiger partial charge < -0.3 is 4.90 Å². The third-order valence-corrected chi connectivity index (χ3v) is 2.47. The van der Waals surface area contributed by atoms with Crippen molar-refractivity contribution < 1.29 is 4.79 Å². The average molecular weight is 155 g/mol. The summed E-state index contributed by atoms with van der Waals surface area (Å²) in [7, 11) is 1.88. The zero-order valence-electron chi connectivity index (χ0n) is 7.85. The fourth-order valence-electron chi connectivity index (χ4n) is 1.63. The summed E-state index contributed by atoms with van der Waals surface area (Å²) in [6.45, 7) is 7.33. The van der Waals surface area contributed by atoms with Gasteiger partial charge in [-0.3, -0.25) is 4.79 Å². The van der Waals surface area contributed by atoms with Crippen LogP contribution >= 0.6 is 0 Å². The van der Waals surface area contributed by atoms with Crippen molar-refractivity contribution in [1.82, 2.24) is 4.90 Å². The Morgan fingerprint density at radius 3 is 2.18 bits per heavy atom. The van der Waals surface area contributed by atoms with Gasteiger partial charge >= 0.3 is 0 Å². The summed E-state index contributed by atoms with van der Waals surface area (Å²) in [5.41, 5.74) is 0.141. The second kappa shape index (κ2) is 2.50. The van der Waals surface area contributed by atoms with Crippen molar-refractivity contribution in [2.45, 2.75) is 27.2 Å². The highest BCUT2D eigenvalue weighted by Crippen LogP contribution is 2.33. The first kappa shape index (κ1) is 8.57. The van der Waals surface area contributed by atoms with Crippen molar-refractivity contribution >= 4 is 5.91 Å². The molecule has 0 N–H and O–H groups in total. The third kappa shape index (κ3) is 1.55. The summed E-state index contributed by atoms with van der Waals surface area (Å²) < 4.78 is 0. The predicted octanol–water partition coefficient (Wildman–Crippen LogP) is 1.51. The van der Waals surface area contributed by atoms with Crippen molar-refractivity contribution in [3.05, 3.63) is 0 Å². The van der Waals surface area contributed by atoms with Crippen molar-refractivity contribution in [3.63, 3.8) is 0 Å². The molecular formula is C9H17NO. The Hall–Kier alpha value is -0.530. The van der Waals surface area contributed by atoms with E-state index < -0.39 is 0 Å². The van der Waals surface area contributed by atoms with E-state index in [2.05, 4.69) is 20.8 Å². The second-order valence-corrected chi connectivity index (χ2v) is 4.47. The summed E-state index contributed by atoms with van der Waals surface area (Å²) in [5, 5.41) is 0. The summed E-state index contributed by atoms with van der Waals surface area (Å²) >= 11 is 0. The van der Waals surface area contributed by atoms with Gasteiger partial charge in [0.05, 0.1) is 0 Å². The van der Waals surface area contributed by atoms with Gasteiger partial charge in [0.1, 0.15) is 0 Å². The van der Waals surface area contributed by atoms with Gasteiger partial charge in [0.25, 0.3) is 0 Å². The number of nitrogens with zero attached hydrogens (tertiary/aromatic N) is 1. The molecule has 11 heavy (non-hydrogen) atoms. The molecule has 2 nitrogen and oxygen atoms in total. The number of amides is 1. The van der Waals surface area contributed by atoms with E-state index in [0.29, 0.717) is 5.91 Å². The number of likely N-dealkylation sites (tertiary alicyclic amines) is 1. The molecule has 0 bridgehead atoms. The zero-order chi connectivity index (χ0) is 8.65. The zero-order valence-corrected chi connectivity index (χ0v) is 7.85. The molecule has 2 heteroatoms. The van der Waals surface area contributed by atoms with E-state index in [1.165, 1.54) is 0 Å². The van der Waals surface area contributed by atoms with Crippen LogP contribution in [0.2, 0.25) is 0 Å². The van der Waals surface area contributed by atoms with Crippen LogP contribution in [0.5, 0.6) is 0 Å². The molecule has 1 aliphatic heterocycles. The molecule has 1 aliphatic rings. The molecule has 0 aromatic heterocycles. The highest BCUT2D eigenvalue weighted by Gasteiger charge is 2.37. The van der Waals surface area contributed by atoms with Gasteiger partial charge in [0.15, 0.2) is 0 Å². The van der Waals surface area contributed by atoms with Crippen LogP contribution in [-0.2, 0) is 4.79 Å². The Bertz CT molecular complexity index is 169. The molecule has 1 atom stereocenters. The van der Waals surface area contributed by atoms with Crippen LogP contribution < -0.4 is 0 Å². The molecule has 1 heterocycles. The van der Waals surface area contributed by atoms with Crippen molar-refractivity contribution in [2.24, 2.45) is 11.3 Å². The fourth-order valence-corrected chi connectivity index (χ4v) is 1.63. The molecule has 0 aromatic carbocycles. The lowest BCUT2D eigenvalue weighted by Crippen LogP contribution is -2.30. The molecule has 0 aromatic rings. The lowest BCUT2D eigenvalue weighted by Gasteiger charge is -2.24. The van der Waals surface area contributed by atoms with Gasteiger partial charge in [-0.25, -0.2) is 0 Å². The maximum absolute atomic E-state index is 11.5. The van der Waals surface area contributed by atoms with Gasteiger partial charge in [0, 0.05) is 19.5 Å². The van der Waals surface area contributed by atoms with Crippen LogP contribution in [0.4, 0.5) is 0 Å². The van der Waals surface area contributed by atoms with Crippen LogP contribution in [0.3, 0.4) is 0 Å². The Morgan fingerprint density at radius 2 is 2.00 bits per heavy atom. The van der Waals surface area contributed by atoms with Crippen LogP contribution in [0.25, 0.3) is 0 Å². The summed E-state index contributed by atoms with van der Waals surface area (Å²) in [6, 6.07) is 0. The van der Waals surface area contributed by atoms with Crippen molar-refractivity contribution in [2.75, 3.05) is 13.6 Å². The molecule has 0 unspecified atom stereocenters. The number of hydrogen-bond acceptors (Lipinski definition) is 1. The number of carbonyl (C=O) groups is 1. The number of carbonyl (C=O) groups excluding carboxylic acids is 1. The molecule has 1 saturated heterocycles. The average Bonchev–Trinajstić information content (AvgIpc) is 2.11. The highest BCUT2D eigenvalue weighted by molar-refractivity contribution is 5.81.